The number of fused-ring (bicyclic) bond motifs is 3. The number of carboxylic acid groups (broad SMARTS) is 1. The molecule has 7 heteroatoms. The summed E-state index contributed by atoms with van der Waals surface area (Å²) < 4.78 is 1.21. The largest absolute Gasteiger partial charge is 0.481 e. The van der Waals surface area contributed by atoms with E-state index in [0.717, 1.165) is 40.2 Å². The minimum Gasteiger partial charge on any atom is -0.481 e. The molecule has 0 spiro atoms. The summed E-state index contributed by atoms with van der Waals surface area (Å²) in [5.74, 6) is -1.09. The molecule has 1 aliphatic heterocycles. The highest BCUT2D eigenvalue weighted by atomic mass is 32.1. The van der Waals surface area contributed by atoms with Crippen LogP contribution in [0.1, 0.15) is 52.1 Å². The van der Waals surface area contributed by atoms with Crippen LogP contribution in [0.2, 0.25) is 0 Å². The van der Waals surface area contributed by atoms with Crippen LogP contribution in [0.25, 0.3) is 32.2 Å². The van der Waals surface area contributed by atoms with Gasteiger partial charge in [0.1, 0.15) is 0 Å². The Labute approximate surface area is 205 Å². The van der Waals surface area contributed by atoms with Crippen LogP contribution in [0.4, 0.5) is 5.69 Å². The molecule has 0 bridgehead atoms. The highest BCUT2D eigenvalue weighted by Crippen LogP contribution is 2.40. The molecule has 0 atom stereocenters. The molecule has 0 saturated carbocycles. The number of aryl methyl sites for hydroxylation is 1. The Hall–Kier alpha value is -3.97. The number of aromatic nitrogens is 1. The van der Waals surface area contributed by atoms with Gasteiger partial charge in [-0.1, -0.05) is 24.3 Å². The molecule has 2 aromatic heterocycles. The summed E-state index contributed by atoms with van der Waals surface area (Å²) in [5, 5.41) is 13.4. The van der Waals surface area contributed by atoms with Gasteiger partial charge in [-0.05, 0) is 66.1 Å². The fourth-order valence-electron chi connectivity index (χ4n) is 5.06. The summed E-state index contributed by atoms with van der Waals surface area (Å²) in [6.07, 6.45) is 3.90. The Morgan fingerprint density at radius 1 is 1.09 bits per heavy atom. The molecule has 0 unspecified atom stereocenters. The standard InChI is InChI=1S/C28H22N2O4S/c31-23-6-3-5-21-27(23)17(9-11-26(32)33)22(29-21)14-19-18-12-16(8-10-20(18)30-28(19)34)25-13-15-4-1-2-7-24(15)35-25/h1-2,4,7-8,10,12-14,29H,3,5-6,9,11H2,(H,30,34)(H,32,33)/b19-14-. The van der Waals surface area contributed by atoms with Gasteiger partial charge < -0.3 is 15.4 Å². The van der Waals surface area contributed by atoms with Gasteiger partial charge in [0.05, 0.1) is 5.57 Å². The van der Waals surface area contributed by atoms with Crippen LogP contribution in [-0.4, -0.2) is 27.8 Å². The predicted molar refractivity (Wildman–Crippen MR) is 138 cm³/mol. The van der Waals surface area contributed by atoms with E-state index in [1.165, 1.54) is 10.1 Å². The number of hydrogen-bond donors (Lipinski definition) is 3. The Balaban J connectivity index is 1.45. The molecule has 2 aromatic carbocycles. The third-order valence-corrected chi connectivity index (χ3v) is 7.88. The van der Waals surface area contributed by atoms with Gasteiger partial charge in [0, 0.05) is 50.6 Å². The van der Waals surface area contributed by atoms with Crippen molar-refractivity contribution in [3.05, 3.63) is 76.6 Å². The molecule has 35 heavy (non-hydrogen) atoms. The Morgan fingerprint density at radius 3 is 2.77 bits per heavy atom. The first-order chi connectivity index (χ1) is 17.0. The molecule has 1 aliphatic carbocycles. The maximum atomic E-state index is 13.0. The van der Waals surface area contributed by atoms with E-state index in [0.29, 0.717) is 28.8 Å². The lowest BCUT2D eigenvalue weighted by Crippen LogP contribution is -2.11. The van der Waals surface area contributed by atoms with Gasteiger partial charge >= 0.3 is 5.97 Å². The number of aliphatic carboxylic acids is 1. The number of benzene rings is 2. The van der Waals surface area contributed by atoms with E-state index in [1.54, 1.807) is 17.4 Å². The van der Waals surface area contributed by atoms with Crippen molar-refractivity contribution in [3.63, 3.8) is 0 Å². The van der Waals surface area contributed by atoms with Crippen molar-refractivity contribution >= 4 is 56.4 Å². The number of H-pyrrole nitrogens is 1. The van der Waals surface area contributed by atoms with Crippen molar-refractivity contribution in [3.8, 4) is 10.4 Å². The summed E-state index contributed by atoms with van der Waals surface area (Å²) in [6, 6.07) is 16.3. The van der Waals surface area contributed by atoms with Crippen LogP contribution in [0.15, 0.2) is 48.5 Å². The molecule has 0 saturated heterocycles. The summed E-state index contributed by atoms with van der Waals surface area (Å²) in [6.45, 7) is 0. The average Bonchev–Trinajstić information content (AvgIpc) is 3.51. The summed E-state index contributed by atoms with van der Waals surface area (Å²) in [4.78, 5) is 41.4. The Kier molecular flexibility index (Phi) is 5.15. The molecule has 4 aromatic rings. The molecule has 1 amide bonds. The molecular weight excluding hydrogens is 460 g/mol. The van der Waals surface area contributed by atoms with Gasteiger partial charge in [-0.2, -0.15) is 0 Å². The number of carboxylic acids is 1. The zero-order valence-corrected chi connectivity index (χ0v) is 19.6. The lowest BCUT2D eigenvalue weighted by Gasteiger charge is -2.11. The van der Waals surface area contributed by atoms with Crippen molar-refractivity contribution < 1.29 is 19.5 Å². The minimum absolute atomic E-state index is 0.0378. The molecule has 6 nitrogen and oxygen atoms in total. The van der Waals surface area contributed by atoms with Gasteiger partial charge in [0.15, 0.2) is 5.78 Å². The summed E-state index contributed by atoms with van der Waals surface area (Å²) >= 11 is 1.71. The van der Waals surface area contributed by atoms with Crippen LogP contribution in [0, 0.1) is 0 Å². The lowest BCUT2D eigenvalue weighted by atomic mass is 9.91. The van der Waals surface area contributed by atoms with Crippen molar-refractivity contribution in [1.29, 1.82) is 0 Å². The second-order valence-electron chi connectivity index (χ2n) is 8.96. The SMILES string of the molecule is O=C(O)CCc1c(/C=C2\C(=O)Nc3ccc(-c4cc5ccccc5s4)cc32)[nH]c2c1C(=O)CCC2. The first kappa shape index (κ1) is 21.6. The Bertz CT molecular complexity index is 1540. The van der Waals surface area contributed by atoms with Crippen LogP contribution >= 0.6 is 11.3 Å². The second kappa shape index (κ2) is 8.36. The number of ketones is 1. The number of nitrogens with one attached hydrogen (secondary N) is 2. The number of hydrogen-bond acceptors (Lipinski definition) is 4. The highest BCUT2D eigenvalue weighted by Gasteiger charge is 2.29. The molecule has 6 rings (SSSR count). The van der Waals surface area contributed by atoms with Crippen LogP contribution in [-0.2, 0) is 22.4 Å². The van der Waals surface area contributed by atoms with E-state index < -0.39 is 5.97 Å². The number of carbonyl (C=O) groups is 3. The number of thiophene rings is 1. The number of aromatic amines is 1. The summed E-state index contributed by atoms with van der Waals surface area (Å²) in [7, 11) is 0. The zero-order valence-electron chi connectivity index (χ0n) is 18.8. The lowest BCUT2D eigenvalue weighted by molar-refractivity contribution is -0.137. The molecule has 174 valence electrons. The van der Waals surface area contributed by atoms with E-state index in [2.05, 4.69) is 28.5 Å². The maximum absolute atomic E-state index is 13.0. The van der Waals surface area contributed by atoms with Gasteiger partial charge in [0.2, 0.25) is 0 Å². The smallest absolute Gasteiger partial charge is 0.303 e. The third kappa shape index (κ3) is 3.78. The number of rotatable bonds is 5. The minimum atomic E-state index is -0.918. The van der Waals surface area contributed by atoms with Crippen molar-refractivity contribution in [2.45, 2.75) is 32.1 Å². The first-order valence-corrected chi connectivity index (χ1v) is 12.4. The number of carbonyl (C=O) groups excluding carboxylic acids is 2. The van der Waals surface area contributed by atoms with Crippen molar-refractivity contribution in [1.82, 2.24) is 4.98 Å². The van der Waals surface area contributed by atoms with Crippen LogP contribution in [0.3, 0.4) is 0 Å². The van der Waals surface area contributed by atoms with Crippen molar-refractivity contribution in [2.24, 2.45) is 0 Å². The molecule has 0 fully saturated rings. The van der Waals surface area contributed by atoms with E-state index in [1.807, 2.05) is 30.3 Å². The van der Waals surface area contributed by atoms with Gasteiger partial charge in [0.25, 0.3) is 5.91 Å². The first-order valence-electron chi connectivity index (χ1n) is 11.6. The maximum Gasteiger partial charge on any atom is 0.303 e. The Morgan fingerprint density at radius 2 is 1.94 bits per heavy atom. The number of Topliss-reactive ketones (excluding diaryl/α,β-unsaturated/α-hetero) is 1. The normalized spacial score (nSPS) is 15.9. The van der Waals surface area contributed by atoms with Crippen LogP contribution in [0.5, 0.6) is 0 Å². The second-order valence-corrected chi connectivity index (χ2v) is 10.0. The van der Waals surface area contributed by atoms with Crippen LogP contribution < -0.4 is 5.32 Å². The van der Waals surface area contributed by atoms with E-state index in [9.17, 15) is 19.5 Å². The molecular formula is C28H22N2O4S. The topological polar surface area (TPSA) is 99.3 Å². The fourth-order valence-corrected chi connectivity index (χ4v) is 6.12. The third-order valence-electron chi connectivity index (χ3n) is 6.71. The molecule has 2 aliphatic rings. The van der Waals surface area contributed by atoms with Gasteiger partial charge in [-0.3, -0.25) is 14.4 Å². The van der Waals surface area contributed by atoms with Gasteiger partial charge in [-0.15, -0.1) is 11.3 Å². The summed E-state index contributed by atoms with van der Waals surface area (Å²) in [5.41, 5.74) is 5.87. The quantitative estimate of drug-likeness (QED) is 0.307. The molecule has 0 radical (unpaired) electrons. The molecule has 3 heterocycles. The number of anilines is 1. The van der Waals surface area contributed by atoms with Gasteiger partial charge in [-0.25, -0.2) is 0 Å². The molecule has 3 N–H and O–H groups in total. The average molecular weight is 483 g/mol. The highest BCUT2D eigenvalue weighted by molar-refractivity contribution is 7.22. The van der Waals surface area contributed by atoms with E-state index in [4.69, 9.17) is 0 Å². The zero-order chi connectivity index (χ0) is 24.1. The predicted octanol–water partition coefficient (Wildman–Crippen LogP) is 5.93. The fraction of sp³-hybridized carbons (Fsp3) is 0.179. The number of amides is 1. The van der Waals surface area contributed by atoms with E-state index in [-0.39, 0.29) is 24.5 Å². The van der Waals surface area contributed by atoms with E-state index >= 15 is 0 Å². The monoisotopic (exact) mass is 482 g/mol. The van der Waals surface area contributed by atoms with Crippen molar-refractivity contribution in [2.75, 3.05) is 5.32 Å².